The summed E-state index contributed by atoms with van der Waals surface area (Å²) < 4.78 is 0. The van der Waals surface area contributed by atoms with Gasteiger partial charge >= 0.3 is 0 Å². The summed E-state index contributed by atoms with van der Waals surface area (Å²) in [5, 5.41) is 16.7. The van der Waals surface area contributed by atoms with Crippen molar-refractivity contribution in [3.05, 3.63) is 11.8 Å². The summed E-state index contributed by atoms with van der Waals surface area (Å²) in [5.41, 5.74) is 5.82. The highest BCUT2D eigenvalue weighted by Crippen LogP contribution is 2.28. The Morgan fingerprint density at radius 2 is 1.79 bits per heavy atom. The Morgan fingerprint density at radius 3 is 2.48 bits per heavy atom. The zero-order chi connectivity index (χ0) is 20.2. The van der Waals surface area contributed by atoms with Gasteiger partial charge in [0.25, 0.3) is 5.91 Å². The molecule has 1 aromatic rings. The number of aromatic nitrogens is 2. The number of anilines is 2. The van der Waals surface area contributed by atoms with E-state index in [1.807, 2.05) is 0 Å². The summed E-state index contributed by atoms with van der Waals surface area (Å²) in [6.07, 6.45) is 11.9. The standard InChI is InChI=1S/C21H34N6O2/c22-19(29)18-13-23-21(26-20(18)24-15-4-3-5-17(28)12-15)25-14-6-8-16(9-7-14)27-10-1-2-11-27/h13-17,28H,1-12H2,(H2,22,29)(H2,23,24,25,26)/t14?,15-,16?,17+/m1/s1. The Kier molecular flexibility index (Phi) is 6.50. The minimum absolute atomic E-state index is 0.0931. The molecule has 0 aromatic carbocycles. The van der Waals surface area contributed by atoms with Crippen molar-refractivity contribution in [1.29, 1.82) is 0 Å². The molecule has 2 saturated carbocycles. The van der Waals surface area contributed by atoms with Crippen LogP contribution in [0.15, 0.2) is 6.20 Å². The number of carbonyl (C=O) groups is 1. The molecule has 0 unspecified atom stereocenters. The van der Waals surface area contributed by atoms with E-state index < -0.39 is 5.91 Å². The monoisotopic (exact) mass is 402 g/mol. The summed E-state index contributed by atoms with van der Waals surface area (Å²) in [7, 11) is 0. The predicted octanol–water partition coefficient (Wildman–Crippen LogP) is 2.11. The lowest BCUT2D eigenvalue weighted by Crippen LogP contribution is -2.39. The molecule has 1 amide bonds. The largest absolute Gasteiger partial charge is 0.393 e. The fourth-order valence-electron chi connectivity index (χ4n) is 5.10. The second-order valence-electron chi connectivity index (χ2n) is 8.87. The van der Waals surface area contributed by atoms with Crippen molar-refractivity contribution in [2.45, 2.75) is 88.4 Å². The van der Waals surface area contributed by atoms with Crippen molar-refractivity contribution in [3.8, 4) is 0 Å². The average molecular weight is 403 g/mol. The number of carbonyl (C=O) groups excluding carboxylic acids is 1. The molecule has 8 heteroatoms. The van der Waals surface area contributed by atoms with Crippen LogP contribution in [0.5, 0.6) is 0 Å². The lowest BCUT2D eigenvalue weighted by Gasteiger charge is -2.34. The number of nitrogens with two attached hydrogens (primary N) is 1. The summed E-state index contributed by atoms with van der Waals surface area (Å²) in [6.45, 7) is 2.51. The van der Waals surface area contributed by atoms with Crippen LogP contribution in [0.3, 0.4) is 0 Å². The molecule has 2 heterocycles. The molecule has 3 aliphatic rings. The first-order valence-corrected chi connectivity index (χ1v) is 11.2. The van der Waals surface area contributed by atoms with Crippen molar-refractivity contribution in [2.75, 3.05) is 23.7 Å². The minimum atomic E-state index is -0.540. The van der Waals surface area contributed by atoms with Gasteiger partial charge in [0.1, 0.15) is 5.82 Å². The molecule has 8 nitrogen and oxygen atoms in total. The first-order chi connectivity index (χ1) is 14.1. The van der Waals surface area contributed by atoms with Gasteiger partial charge in [-0.15, -0.1) is 0 Å². The van der Waals surface area contributed by atoms with Gasteiger partial charge in [0.05, 0.1) is 11.7 Å². The molecule has 29 heavy (non-hydrogen) atoms. The maximum Gasteiger partial charge on any atom is 0.254 e. The zero-order valence-corrected chi connectivity index (χ0v) is 17.1. The normalized spacial score (nSPS) is 30.8. The first kappa shape index (κ1) is 20.3. The smallest absolute Gasteiger partial charge is 0.254 e. The van der Waals surface area contributed by atoms with Gasteiger partial charge in [-0.05, 0) is 77.3 Å². The quantitative estimate of drug-likeness (QED) is 0.576. The third kappa shape index (κ3) is 5.17. The topological polar surface area (TPSA) is 116 Å². The number of nitrogens with zero attached hydrogens (tertiary/aromatic N) is 3. The van der Waals surface area contributed by atoms with Crippen LogP contribution in [-0.4, -0.2) is 63.2 Å². The van der Waals surface area contributed by atoms with Crippen molar-refractivity contribution in [1.82, 2.24) is 14.9 Å². The predicted molar refractivity (Wildman–Crippen MR) is 113 cm³/mol. The number of aliphatic hydroxyl groups excluding tert-OH is 1. The Morgan fingerprint density at radius 1 is 1.03 bits per heavy atom. The second kappa shape index (κ2) is 9.26. The summed E-state index contributed by atoms with van der Waals surface area (Å²) in [4.78, 5) is 23.4. The van der Waals surface area contributed by atoms with E-state index >= 15 is 0 Å². The number of nitrogens with one attached hydrogen (secondary N) is 2. The Hall–Kier alpha value is -1.93. The molecule has 160 valence electrons. The third-order valence-corrected chi connectivity index (χ3v) is 6.73. The van der Waals surface area contributed by atoms with Gasteiger partial charge in [-0.3, -0.25) is 4.79 Å². The van der Waals surface area contributed by atoms with Crippen molar-refractivity contribution >= 4 is 17.7 Å². The minimum Gasteiger partial charge on any atom is -0.393 e. The number of likely N-dealkylation sites (tertiary alicyclic amines) is 1. The highest BCUT2D eigenvalue weighted by Gasteiger charge is 2.28. The first-order valence-electron chi connectivity index (χ1n) is 11.2. The van der Waals surface area contributed by atoms with Crippen molar-refractivity contribution in [2.24, 2.45) is 5.73 Å². The average Bonchev–Trinajstić information content (AvgIpc) is 3.23. The van der Waals surface area contributed by atoms with Gasteiger partial charge in [-0.2, -0.15) is 4.98 Å². The van der Waals surface area contributed by atoms with Crippen LogP contribution in [0.25, 0.3) is 0 Å². The number of amides is 1. The van der Waals surface area contributed by atoms with E-state index in [2.05, 4.69) is 25.5 Å². The van der Waals surface area contributed by atoms with Gasteiger partial charge in [0, 0.05) is 24.3 Å². The van der Waals surface area contributed by atoms with Crippen molar-refractivity contribution in [3.63, 3.8) is 0 Å². The van der Waals surface area contributed by atoms with E-state index in [1.165, 1.54) is 45.0 Å². The zero-order valence-electron chi connectivity index (χ0n) is 17.1. The Labute approximate surface area is 172 Å². The highest BCUT2D eigenvalue weighted by atomic mass is 16.3. The van der Waals surface area contributed by atoms with E-state index in [4.69, 9.17) is 5.73 Å². The number of aliphatic hydroxyl groups is 1. The van der Waals surface area contributed by atoms with Crippen LogP contribution < -0.4 is 16.4 Å². The van der Waals surface area contributed by atoms with Gasteiger partial charge in [0.15, 0.2) is 0 Å². The van der Waals surface area contributed by atoms with Crippen LogP contribution in [0, 0.1) is 0 Å². The van der Waals surface area contributed by atoms with Gasteiger partial charge in [-0.1, -0.05) is 0 Å². The molecular formula is C21H34N6O2. The van der Waals surface area contributed by atoms with E-state index in [-0.39, 0.29) is 12.1 Å². The van der Waals surface area contributed by atoms with Gasteiger partial charge in [0.2, 0.25) is 5.95 Å². The molecule has 5 N–H and O–H groups in total. The molecule has 4 rings (SSSR count). The van der Waals surface area contributed by atoms with Gasteiger partial charge < -0.3 is 26.4 Å². The lowest BCUT2D eigenvalue weighted by molar-refractivity contribution is 0.100. The van der Waals surface area contributed by atoms with Crippen LogP contribution >= 0.6 is 0 Å². The third-order valence-electron chi connectivity index (χ3n) is 6.73. The molecule has 2 atom stereocenters. The molecule has 1 aliphatic heterocycles. The highest BCUT2D eigenvalue weighted by molar-refractivity contribution is 5.97. The van der Waals surface area contributed by atoms with E-state index in [9.17, 15) is 9.90 Å². The SMILES string of the molecule is NC(=O)c1cnc(NC2CCC(N3CCCC3)CC2)nc1N[C@@H]1CCC[C@H](O)C1. The molecule has 0 bridgehead atoms. The maximum absolute atomic E-state index is 11.8. The number of hydrogen-bond donors (Lipinski definition) is 4. The molecular weight excluding hydrogens is 368 g/mol. The molecule has 2 aliphatic carbocycles. The fourth-order valence-corrected chi connectivity index (χ4v) is 5.10. The van der Waals surface area contributed by atoms with E-state index in [0.29, 0.717) is 29.8 Å². The molecule has 3 fully saturated rings. The number of rotatable bonds is 6. The molecule has 1 saturated heterocycles. The van der Waals surface area contributed by atoms with Gasteiger partial charge in [-0.25, -0.2) is 4.98 Å². The summed E-state index contributed by atoms with van der Waals surface area (Å²) >= 11 is 0. The Bertz CT molecular complexity index is 700. The lowest BCUT2D eigenvalue weighted by atomic mass is 9.90. The summed E-state index contributed by atoms with van der Waals surface area (Å²) in [5.74, 6) is 0.472. The number of hydrogen-bond acceptors (Lipinski definition) is 7. The Balaban J connectivity index is 1.38. The fraction of sp³-hybridized carbons (Fsp3) is 0.762. The maximum atomic E-state index is 11.8. The molecule has 0 spiro atoms. The number of primary amides is 1. The second-order valence-corrected chi connectivity index (χ2v) is 8.87. The van der Waals surface area contributed by atoms with Crippen LogP contribution in [-0.2, 0) is 0 Å². The molecule has 1 aromatic heterocycles. The van der Waals surface area contributed by atoms with Crippen LogP contribution in [0.2, 0.25) is 0 Å². The van der Waals surface area contributed by atoms with Crippen LogP contribution in [0.1, 0.15) is 74.6 Å². The van der Waals surface area contributed by atoms with E-state index in [1.54, 1.807) is 0 Å². The van der Waals surface area contributed by atoms with Crippen LogP contribution in [0.4, 0.5) is 11.8 Å². The summed E-state index contributed by atoms with van der Waals surface area (Å²) in [6, 6.07) is 1.18. The van der Waals surface area contributed by atoms with E-state index in [0.717, 1.165) is 38.1 Å². The van der Waals surface area contributed by atoms with Crippen molar-refractivity contribution < 1.29 is 9.90 Å². The molecule has 0 radical (unpaired) electrons.